The van der Waals surface area contributed by atoms with Crippen LogP contribution >= 0.6 is 11.6 Å². The standard InChI is InChI=1S/C17H20ClN3O2/c1-3-17(4-2,12-5-7-13(18)8-6-12)11-19-16(23)14-9-10-15(22)21-20-14/h5-10H,3-4,11H2,1-2H3,(H,19,23)(H,21,22). The molecule has 0 spiro atoms. The third kappa shape index (κ3) is 3.99. The van der Waals surface area contributed by atoms with Crippen molar-refractivity contribution in [3.8, 4) is 0 Å². The van der Waals surface area contributed by atoms with Crippen molar-refractivity contribution in [3.05, 3.63) is 63.0 Å². The van der Waals surface area contributed by atoms with E-state index in [1.54, 1.807) is 0 Å². The lowest BCUT2D eigenvalue weighted by Crippen LogP contribution is -2.40. The second kappa shape index (κ2) is 7.42. The molecule has 122 valence electrons. The number of carbonyl (C=O) groups excluding carboxylic acids is 1. The molecule has 23 heavy (non-hydrogen) atoms. The molecule has 0 unspecified atom stereocenters. The Labute approximate surface area is 140 Å². The highest BCUT2D eigenvalue weighted by Crippen LogP contribution is 2.31. The van der Waals surface area contributed by atoms with Gasteiger partial charge in [0, 0.05) is 23.0 Å². The quantitative estimate of drug-likeness (QED) is 0.853. The summed E-state index contributed by atoms with van der Waals surface area (Å²) >= 11 is 5.96. The Morgan fingerprint density at radius 3 is 2.35 bits per heavy atom. The lowest BCUT2D eigenvalue weighted by Gasteiger charge is -2.32. The van der Waals surface area contributed by atoms with Crippen molar-refractivity contribution in [2.45, 2.75) is 32.1 Å². The minimum absolute atomic E-state index is 0.164. The van der Waals surface area contributed by atoms with Crippen molar-refractivity contribution in [1.82, 2.24) is 15.5 Å². The highest BCUT2D eigenvalue weighted by Gasteiger charge is 2.29. The zero-order valence-corrected chi connectivity index (χ0v) is 14.0. The molecule has 1 amide bonds. The van der Waals surface area contributed by atoms with Crippen LogP contribution in [-0.2, 0) is 5.41 Å². The second-order valence-corrected chi connectivity index (χ2v) is 5.92. The van der Waals surface area contributed by atoms with Gasteiger partial charge in [0.15, 0.2) is 0 Å². The molecule has 1 aromatic heterocycles. The van der Waals surface area contributed by atoms with Crippen molar-refractivity contribution >= 4 is 17.5 Å². The normalized spacial score (nSPS) is 11.3. The van der Waals surface area contributed by atoms with E-state index in [9.17, 15) is 9.59 Å². The molecule has 0 atom stereocenters. The van der Waals surface area contributed by atoms with E-state index in [1.807, 2.05) is 24.3 Å². The minimum Gasteiger partial charge on any atom is -0.350 e. The SMILES string of the molecule is CCC(CC)(CNC(=O)c1ccc(=O)[nH]n1)c1ccc(Cl)cc1. The number of carbonyl (C=O) groups is 1. The van der Waals surface area contributed by atoms with E-state index in [4.69, 9.17) is 11.6 Å². The van der Waals surface area contributed by atoms with Gasteiger partial charge in [-0.25, -0.2) is 5.10 Å². The Bertz CT molecular complexity index is 701. The Hall–Kier alpha value is -2.14. The van der Waals surface area contributed by atoms with Crippen LogP contribution in [0.1, 0.15) is 42.7 Å². The van der Waals surface area contributed by atoms with Gasteiger partial charge >= 0.3 is 0 Å². The Morgan fingerprint density at radius 1 is 1.17 bits per heavy atom. The van der Waals surface area contributed by atoms with E-state index in [0.29, 0.717) is 11.6 Å². The maximum absolute atomic E-state index is 12.2. The number of aromatic nitrogens is 2. The number of benzene rings is 1. The van der Waals surface area contributed by atoms with Crippen LogP contribution < -0.4 is 10.9 Å². The maximum atomic E-state index is 12.2. The maximum Gasteiger partial charge on any atom is 0.271 e. The van der Waals surface area contributed by atoms with Crippen molar-refractivity contribution in [1.29, 1.82) is 0 Å². The predicted octanol–water partition coefficient (Wildman–Crippen LogP) is 2.91. The molecule has 6 heteroatoms. The van der Waals surface area contributed by atoms with Gasteiger partial charge in [-0.15, -0.1) is 0 Å². The number of aromatic amines is 1. The number of hydrogen-bond donors (Lipinski definition) is 2. The average Bonchev–Trinajstić information content (AvgIpc) is 2.58. The highest BCUT2D eigenvalue weighted by molar-refractivity contribution is 6.30. The summed E-state index contributed by atoms with van der Waals surface area (Å²) in [5, 5.41) is 9.62. The number of nitrogens with one attached hydrogen (secondary N) is 2. The molecule has 5 nitrogen and oxygen atoms in total. The highest BCUT2D eigenvalue weighted by atomic mass is 35.5. The van der Waals surface area contributed by atoms with Gasteiger partial charge in [-0.05, 0) is 36.6 Å². The largest absolute Gasteiger partial charge is 0.350 e. The molecule has 0 saturated carbocycles. The third-order valence-corrected chi connectivity index (χ3v) is 4.56. The van der Waals surface area contributed by atoms with Gasteiger partial charge in [0.25, 0.3) is 11.5 Å². The molecule has 0 aliphatic heterocycles. The molecule has 1 aromatic carbocycles. The molecular formula is C17H20ClN3O2. The molecule has 0 aliphatic carbocycles. The lowest BCUT2D eigenvalue weighted by atomic mass is 9.76. The first-order valence-corrected chi connectivity index (χ1v) is 7.98. The van der Waals surface area contributed by atoms with Crippen LogP contribution in [0.4, 0.5) is 0 Å². The van der Waals surface area contributed by atoms with Crippen molar-refractivity contribution in [2.24, 2.45) is 0 Å². The summed E-state index contributed by atoms with van der Waals surface area (Å²) in [7, 11) is 0. The average molecular weight is 334 g/mol. The summed E-state index contributed by atoms with van der Waals surface area (Å²) < 4.78 is 0. The smallest absolute Gasteiger partial charge is 0.271 e. The number of halogens is 1. The lowest BCUT2D eigenvalue weighted by molar-refractivity contribution is 0.0935. The number of nitrogens with zero attached hydrogens (tertiary/aromatic N) is 1. The van der Waals surface area contributed by atoms with E-state index < -0.39 is 0 Å². The van der Waals surface area contributed by atoms with E-state index in [2.05, 4.69) is 29.4 Å². The Balaban J connectivity index is 2.16. The van der Waals surface area contributed by atoms with E-state index in [-0.39, 0.29) is 22.6 Å². The number of rotatable bonds is 6. The second-order valence-electron chi connectivity index (χ2n) is 5.48. The molecule has 0 aliphatic rings. The molecule has 2 aromatic rings. The summed E-state index contributed by atoms with van der Waals surface area (Å²) in [4.78, 5) is 23.2. The zero-order valence-electron chi connectivity index (χ0n) is 13.2. The van der Waals surface area contributed by atoms with Gasteiger partial charge in [-0.3, -0.25) is 9.59 Å². The van der Waals surface area contributed by atoms with E-state index in [0.717, 1.165) is 18.4 Å². The van der Waals surface area contributed by atoms with Crippen molar-refractivity contribution in [2.75, 3.05) is 6.54 Å². The van der Waals surface area contributed by atoms with Crippen LogP contribution in [0.2, 0.25) is 5.02 Å². The summed E-state index contributed by atoms with van der Waals surface area (Å²) in [6.45, 7) is 4.69. The molecule has 0 saturated heterocycles. The number of amides is 1. The molecule has 2 rings (SSSR count). The van der Waals surface area contributed by atoms with E-state index >= 15 is 0 Å². The monoisotopic (exact) mass is 333 g/mol. The molecule has 0 radical (unpaired) electrons. The van der Waals surface area contributed by atoms with Crippen LogP contribution in [0, 0.1) is 0 Å². The summed E-state index contributed by atoms with van der Waals surface area (Å²) in [6.07, 6.45) is 1.76. The molecular weight excluding hydrogens is 314 g/mol. The molecule has 0 bridgehead atoms. The van der Waals surface area contributed by atoms with E-state index in [1.165, 1.54) is 12.1 Å². The van der Waals surface area contributed by atoms with Gasteiger partial charge in [-0.2, -0.15) is 5.10 Å². The van der Waals surface area contributed by atoms with Crippen LogP contribution in [0.25, 0.3) is 0 Å². The first kappa shape index (κ1) is 17.2. The van der Waals surface area contributed by atoms with Gasteiger partial charge in [0.2, 0.25) is 0 Å². The Kier molecular flexibility index (Phi) is 5.55. The molecule has 1 heterocycles. The summed E-state index contributed by atoms with van der Waals surface area (Å²) in [5.41, 5.74) is 0.838. The zero-order chi connectivity index (χ0) is 16.9. The van der Waals surface area contributed by atoms with Crippen molar-refractivity contribution in [3.63, 3.8) is 0 Å². The summed E-state index contributed by atoms with van der Waals surface area (Å²) in [6, 6.07) is 10.4. The fraction of sp³-hybridized carbons (Fsp3) is 0.353. The number of hydrogen-bond acceptors (Lipinski definition) is 3. The van der Waals surface area contributed by atoms with Gasteiger partial charge in [0.1, 0.15) is 5.69 Å². The van der Waals surface area contributed by atoms with Crippen molar-refractivity contribution < 1.29 is 4.79 Å². The van der Waals surface area contributed by atoms with Gasteiger partial charge in [0.05, 0.1) is 0 Å². The fourth-order valence-corrected chi connectivity index (χ4v) is 2.75. The fourth-order valence-electron chi connectivity index (χ4n) is 2.62. The first-order chi connectivity index (χ1) is 11.0. The third-order valence-electron chi connectivity index (χ3n) is 4.31. The Morgan fingerprint density at radius 2 is 1.83 bits per heavy atom. The van der Waals surface area contributed by atoms with Crippen LogP contribution in [0.5, 0.6) is 0 Å². The van der Waals surface area contributed by atoms with Gasteiger partial charge < -0.3 is 5.32 Å². The predicted molar refractivity (Wildman–Crippen MR) is 90.9 cm³/mol. The topological polar surface area (TPSA) is 74.8 Å². The van der Waals surface area contributed by atoms with Crippen LogP contribution in [-0.4, -0.2) is 22.6 Å². The number of H-pyrrole nitrogens is 1. The minimum atomic E-state index is -0.334. The summed E-state index contributed by atoms with van der Waals surface area (Å²) in [5.74, 6) is -0.304. The van der Waals surface area contributed by atoms with Crippen LogP contribution in [0.15, 0.2) is 41.2 Å². The molecule has 0 fully saturated rings. The molecule has 2 N–H and O–H groups in total. The van der Waals surface area contributed by atoms with Gasteiger partial charge in [-0.1, -0.05) is 37.6 Å². The van der Waals surface area contributed by atoms with Crippen LogP contribution in [0.3, 0.4) is 0 Å². The first-order valence-electron chi connectivity index (χ1n) is 7.60.